The number of hydrogen-bond donors (Lipinski definition) is 3. The summed E-state index contributed by atoms with van der Waals surface area (Å²) in [6, 6.07) is 17.7. The molecule has 7 nitrogen and oxygen atoms in total. The summed E-state index contributed by atoms with van der Waals surface area (Å²) in [6.07, 6.45) is 0.845. The van der Waals surface area contributed by atoms with Gasteiger partial charge >= 0.3 is 0 Å². The summed E-state index contributed by atoms with van der Waals surface area (Å²) in [4.78, 5) is 16.8. The number of hydrogen-bond acceptors (Lipinski definition) is 3. The van der Waals surface area contributed by atoms with Gasteiger partial charge in [-0.1, -0.05) is 36.7 Å². The maximum absolute atomic E-state index is 12.6. The summed E-state index contributed by atoms with van der Waals surface area (Å²) < 4.78 is 0. The van der Waals surface area contributed by atoms with E-state index in [-0.39, 0.29) is 6.04 Å². The van der Waals surface area contributed by atoms with Crippen LogP contribution in [-0.4, -0.2) is 28.1 Å². The van der Waals surface area contributed by atoms with Crippen molar-refractivity contribution >= 4 is 29.3 Å². The van der Waals surface area contributed by atoms with Gasteiger partial charge in [-0.05, 0) is 43.7 Å². The normalized spacial score (nSPS) is 12.1. The average Bonchev–Trinajstić information content (AvgIpc) is 3.22. The third kappa shape index (κ3) is 5.46. The van der Waals surface area contributed by atoms with E-state index < -0.39 is 5.91 Å². The van der Waals surface area contributed by atoms with E-state index in [0.717, 1.165) is 17.7 Å². The monoisotopic (exact) mass is 420 g/mol. The van der Waals surface area contributed by atoms with Gasteiger partial charge in [-0.15, -0.1) is 0 Å². The molecule has 152 valence electrons. The number of aromatic nitrogens is 2. The fourth-order valence-electron chi connectivity index (χ4n) is 2.60. The van der Waals surface area contributed by atoms with Crippen molar-refractivity contribution in [1.82, 2.24) is 15.5 Å². The molecule has 1 atom stereocenters. The zero-order valence-corrected chi connectivity index (χ0v) is 17.4. The average molecular weight is 421 g/mol. The van der Waals surface area contributed by atoms with Gasteiger partial charge in [0.2, 0.25) is 5.96 Å². The van der Waals surface area contributed by atoms with E-state index in [1.54, 1.807) is 30.3 Å². The summed E-state index contributed by atoms with van der Waals surface area (Å²) in [5.41, 5.74) is 2.37. The van der Waals surface area contributed by atoms with E-state index in [1.807, 2.05) is 38.1 Å². The van der Waals surface area contributed by atoms with Crippen molar-refractivity contribution < 1.29 is 4.79 Å². The molecule has 3 rings (SSSR count). The SMILES string of the molecule is CCC(C)N/C(=N/C(=O)c1cccc(C#N)c1)Nc1cc(-c2ccc(Cl)cc2)n[nH]1. The lowest BCUT2D eigenvalue weighted by atomic mass is 10.1. The van der Waals surface area contributed by atoms with Crippen LogP contribution in [0.2, 0.25) is 5.02 Å². The molecule has 0 radical (unpaired) electrons. The van der Waals surface area contributed by atoms with Crippen molar-refractivity contribution in [3.8, 4) is 17.3 Å². The third-order valence-corrected chi connectivity index (χ3v) is 4.67. The Morgan fingerprint density at radius 3 is 2.73 bits per heavy atom. The van der Waals surface area contributed by atoms with Crippen molar-refractivity contribution in [1.29, 1.82) is 5.26 Å². The van der Waals surface area contributed by atoms with E-state index in [4.69, 9.17) is 16.9 Å². The summed E-state index contributed by atoms with van der Waals surface area (Å²) >= 11 is 5.94. The molecule has 0 aliphatic carbocycles. The zero-order valence-electron chi connectivity index (χ0n) is 16.6. The number of aromatic amines is 1. The number of benzene rings is 2. The van der Waals surface area contributed by atoms with Crippen LogP contribution in [-0.2, 0) is 0 Å². The highest BCUT2D eigenvalue weighted by Gasteiger charge is 2.12. The highest BCUT2D eigenvalue weighted by molar-refractivity contribution is 6.30. The van der Waals surface area contributed by atoms with E-state index in [9.17, 15) is 4.79 Å². The number of nitriles is 1. The molecule has 0 aliphatic heterocycles. The number of nitrogens with zero attached hydrogens (tertiary/aromatic N) is 3. The molecule has 1 unspecified atom stereocenters. The first kappa shape index (κ1) is 21.1. The number of amides is 1. The number of H-pyrrole nitrogens is 1. The first-order valence-corrected chi connectivity index (χ1v) is 9.84. The Balaban J connectivity index is 1.83. The molecule has 0 saturated carbocycles. The fourth-order valence-corrected chi connectivity index (χ4v) is 2.73. The first-order chi connectivity index (χ1) is 14.5. The standard InChI is InChI=1S/C22H21ClN6O/c1-3-14(2)25-22(27-21(30)17-6-4-5-15(11-17)13-24)26-20-12-19(28-29-20)16-7-9-18(23)10-8-16/h4-12,14H,3H2,1-2H3,(H3,25,26,27,28,29,30). The molecule has 30 heavy (non-hydrogen) atoms. The van der Waals surface area contributed by atoms with Crippen LogP contribution < -0.4 is 10.6 Å². The minimum absolute atomic E-state index is 0.0909. The quantitative estimate of drug-likeness (QED) is 0.413. The number of anilines is 1. The van der Waals surface area contributed by atoms with Gasteiger partial charge in [0.05, 0.1) is 17.3 Å². The molecule has 0 aliphatic rings. The van der Waals surface area contributed by atoms with Gasteiger partial charge in [0, 0.05) is 28.3 Å². The van der Waals surface area contributed by atoms with Gasteiger partial charge in [0.15, 0.2) is 0 Å². The summed E-state index contributed by atoms with van der Waals surface area (Å²) in [5, 5.41) is 23.2. The smallest absolute Gasteiger partial charge is 0.280 e. The molecule has 1 amide bonds. The predicted molar refractivity (Wildman–Crippen MR) is 118 cm³/mol. The van der Waals surface area contributed by atoms with Gasteiger partial charge < -0.3 is 10.6 Å². The van der Waals surface area contributed by atoms with Crippen molar-refractivity contribution in [2.75, 3.05) is 5.32 Å². The Labute approximate surface area is 179 Å². The van der Waals surface area contributed by atoms with Crippen molar-refractivity contribution in [3.05, 3.63) is 70.7 Å². The van der Waals surface area contributed by atoms with Crippen LogP contribution in [0.25, 0.3) is 11.3 Å². The predicted octanol–water partition coefficient (Wildman–Crippen LogP) is 4.60. The molecule has 0 bridgehead atoms. The lowest BCUT2D eigenvalue weighted by molar-refractivity contribution is 0.100. The second kappa shape index (κ2) is 9.72. The number of carbonyl (C=O) groups is 1. The van der Waals surface area contributed by atoms with Crippen LogP contribution in [0.5, 0.6) is 0 Å². The number of carbonyl (C=O) groups excluding carboxylic acids is 1. The van der Waals surface area contributed by atoms with Crippen LogP contribution in [0.15, 0.2) is 59.6 Å². The van der Waals surface area contributed by atoms with Crippen LogP contribution >= 0.6 is 11.6 Å². The van der Waals surface area contributed by atoms with Gasteiger partial charge in [-0.25, -0.2) is 0 Å². The van der Waals surface area contributed by atoms with E-state index in [0.29, 0.717) is 27.9 Å². The Morgan fingerprint density at radius 1 is 1.27 bits per heavy atom. The number of halogens is 1. The summed E-state index contributed by atoms with van der Waals surface area (Å²) in [6.45, 7) is 4.02. The number of aliphatic imine (C=N–C) groups is 1. The van der Waals surface area contributed by atoms with Gasteiger partial charge in [0.1, 0.15) is 5.82 Å². The van der Waals surface area contributed by atoms with Crippen molar-refractivity contribution in [2.45, 2.75) is 26.3 Å². The Morgan fingerprint density at radius 2 is 2.03 bits per heavy atom. The largest absolute Gasteiger partial charge is 0.353 e. The lowest BCUT2D eigenvalue weighted by Crippen LogP contribution is -2.38. The maximum atomic E-state index is 12.6. The van der Waals surface area contributed by atoms with E-state index in [2.05, 4.69) is 25.8 Å². The molecule has 3 N–H and O–H groups in total. The van der Waals surface area contributed by atoms with Crippen LogP contribution in [0.3, 0.4) is 0 Å². The molecule has 0 spiro atoms. The van der Waals surface area contributed by atoms with Crippen LogP contribution in [0.4, 0.5) is 5.82 Å². The molecule has 0 fully saturated rings. The number of nitrogens with one attached hydrogen (secondary N) is 3. The van der Waals surface area contributed by atoms with E-state index in [1.165, 1.54) is 6.07 Å². The third-order valence-electron chi connectivity index (χ3n) is 4.42. The molecule has 3 aromatic rings. The molecular weight excluding hydrogens is 400 g/mol. The van der Waals surface area contributed by atoms with E-state index >= 15 is 0 Å². The van der Waals surface area contributed by atoms with Crippen LogP contribution in [0.1, 0.15) is 36.2 Å². The minimum atomic E-state index is -0.456. The molecule has 0 saturated heterocycles. The first-order valence-electron chi connectivity index (χ1n) is 9.46. The second-order valence-electron chi connectivity index (χ2n) is 6.71. The van der Waals surface area contributed by atoms with Gasteiger partial charge in [-0.2, -0.15) is 15.4 Å². The van der Waals surface area contributed by atoms with Gasteiger partial charge in [0.25, 0.3) is 5.91 Å². The lowest BCUT2D eigenvalue weighted by Gasteiger charge is -2.15. The zero-order chi connectivity index (χ0) is 21.5. The molecule has 2 aromatic carbocycles. The maximum Gasteiger partial charge on any atom is 0.280 e. The Hall–Kier alpha value is -3.63. The highest BCUT2D eigenvalue weighted by atomic mass is 35.5. The Kier molecular flexibility index (Phi) is 6.83. The van der Waals surface area contributed by atoms with Crippen molar-refractivity contribution in [3.63, 3.8) is 0 Å². The summed E-state index contributed by atoms with van der Waals surface area (Å²) in [5.74, 6) is 0.416. The second-order valence-corrected chi connectivity index (χ2v) is 7.15. The molecule has 8 heteroatoms. The number of guanidine groups is 1. The van der Waals surface area contributed by atoms with Gasteiger partial charge in [-0.3, -0.25) is 9.89 Å². The molecule has 1 aromatic heterocycles. The molecular formula is C22H21ClN6O. The summed E-state index contributed by atoms with van der Waals surface area (Å²) in [7, 11) is 0. The number of rotatable bonds is 5. The minimum Gasteiger partial charge on any atom is -0.353 e. The fraction of sp³-hybridized carbons (Fsp3) is 0.182. The Bertz CT molecular complexity index is 1100. The van der Waals surface area contributed by atoms with Crippen molar-refractivity contribution in [2.24, 2.45) is 4.99 Å². The molecule has 1 heterocycles. The topological polar surface area (TPSA) is 106 Å². The highest BCUT2D eigenvalue weighted by Crippen LogP contribution is 2.21. The van der Waals surface area contributed by atoms with Crippen LogP contribution in [0, 0.1) is 11.3 Å².